The molecular weight excluding hydrogens is 566 g/mol. The zero-order valence-electron chi connectivity index (χ0n) is 21.2. The highest BCUT2D eigenvalue weighted by atomic mass is 19.4. The number of benzene rings is 2. The Labute approximate surface area is 233 Å². The summed E-state index contributed by atoms with van der Waals surface area (Å²) in [6, 6.07) is 20.1. The minimum Gasteiger partial charge on any atom is -0.488 e. The summed E-state index contributed by atoms with van der Waals surface area (Å²) in [6.45, 7) is 0.0940. The van der Waals surface area contributed by atoms with Gasteiger partial charge in [0, 0.05) is 17.3 Å². The average Bonchev–Trinajstić information content (AvgIpc) is 3.43. The van der Waals surface area contributed by atoms with E-state index in [0.29, 0.717) is 33.4 Å². The highest BCUT2D eigenvalue weighted by molar-refractivity contribution is 5.89. The summed E-state index contributed by atoms with van der Waals surface area (Å²) in [6.07, 6.45) is -8.08. The van der Waals surface area contributed by atoms with E-state index in [1.807, 2.05) is 0 Å². The van der Waals surface area contributed by atoms with Gasteiger partial charge in [-0.25, -0.2) is 14.5 Å². The monoisotopic (exact) mass is 584 g/mol. The van der Waals surface area contributed by atoms with E-state index in [-0.39, 0.29) is 18.1 Å². The van der Waals surface area contributed by atoms with Crippen LogP contribution in [-0.4, -0.2) is 30.8 Å². The first-order valence-corrected chi connectivity index (χ1v) is 12.1. The molecule has 0 atom stereocenters. The maximum Gasteiger partial charge on any atom is 0.434 e. The normalized spacial score (nSPS) is 11.9. The third-order valence-electron chi connectivity index (χ3n) is 6.12. The first-order chi connectivity index (χ1) is 19.9. The van der Waals surface area contributed by atoms with Crippen molar-refractivity contribution >= 4 is 5.97 Å². The molecule has 42 heavy (non-hydrogen) atoms. The number of carboxylic acid groups (broad SMARTS) is 1. The molecule has 0 aliphatic carbocycles. The first-order valence-electron chi connectivity index (χ1n) is 12.1. The van der Waals surface area contributed by atoms with E-state index >= 15 is 0 Å². The highest BCUT2D eigenvalue weighted by Gasteiger charge is 2.41. The molecule has 0 radical (unpaired) electrons. The van der Waals surface area contributed by atoms with E-state index in [4.69, 9.17) is 4.74 Å². The predicted molar refractivity (Wildman–Crippen MR) is 138 cm³/mol. The summed E-state index contributed by atoms with van der Waals surface area (Å²) in [7, 11) is 0. The standard InChI is InChI=1S/C29H18F6N4O3/c30-28(31,32)19-12-13-22(36-14-19)18-10-8-17(9-11-18)16-42-24-6-2-1-4-20(24)23-5-3-7-25(38-23)39-26(29(33,34)35)21(15-37-39)27(40)41/h1-15H,16H2,(H,40,41). The molecule has 5 aromatic rings. The number of hydrogen-bond acceptors (Lipinski definition) is 5. The summed E-state index contributed by atoms with van der Waals surface area (Å²) >= 11 is 0. The summed E-state index contributed by atoms with van der Waals surface area (Å²) < 4.78 is 85.9. The maximum atomic E-state index is 13.7. The van der Waals surface area contributed by atoms with E-state index in [1.54, 1.807) is 54.6 Å². The second kappa shape index (κ2) is 11.0. The highest BCUT2D eigenvalue weighted by Crippen LogP contribution is 2.35. The minimum atomic E-state index is -5.00. The molecule has 7 nitrogen and oxygen atoms in total. The van der Waals surface area contributed by atoms with Crippen LogP contribution in [0.1, 0.15) is 27.2 Å². The molecule has 0 aliphatic rings. The molecule has 0 aliphatic heterocycles. The van der Waals surface area contributed by atoms with Gasteiger partial charge in [0.05, 0.1) is 23.1 Å². The van der Waals surface area contributed by atoms with Crippen molar-refractivity contribution in [3.05, 3.63) is 114 Å². The number of aromatic carboxylic acids is 1. The number of ether oxygens (including phenoxy) is 1. The van der Waals surface area contributed by atoms with Crippen molar-refractivity contribution in [2.45, 2.75) is 19.0 Å². The number of rotatable bonds is 7. The molecule has 0 bridgehead atoms. The van der Waals surface area contributed by atoms with E-state index in [0.717, 1.165) is 17.8 Å². The third kappa shape index (κ3) is 5.94. The number of halogens is 6. The molecule has 0 saturated heterocycles. The number of hydrogen-bond donors (Lipinski definition) is 1. The molecule has 13 heteroatoms. The van der Waals surface area contributed by atoms with Gasteiger partial charge in [0.25, 0.3) is 0 Å². The summed E-state index contributed by atoms with van der Waals surface area (Å²) in [5.74, 6) is -1.64. The molecule has 0 spiro atoms. The van der Waals surface area contributed by atoms with Gasteiger partial charge in [-0.05, 0) is 42.0 Å². The smallest absolute Gasteiger partial charge is 0.434 e. The van der Waals surface area contributed by atoms with E-state index < -0.39 is 35.1 Å². The van der Waals surface area contributed by atoms with Crippen LogP contribution in [0.3, 0.4) is 0 Å². The van der Waals surface area contributed by atoms with Gasteiger partial charge in [0.15, 0.2) is 11.5 Å². The zero-order valence-corrected chi connectivity index (χ0v) is 21.2. The molecule has 0 amide bonds. The second-order valence-electron chi connectivity index (χ2n) is 8.91. The van der Waals surface area contributed by atoms with Gasteiger partial charge in [-0.1, -0.05) is 42.5 Å². The lowest BCUT2D eigenvalue weighted by molar-refractivity contribution is -0.143. The summed E-state index contributed by atoms with van der Waals surface area (Å²) in [5.41, 5.74) is -0.876. The van der Waals surface area contributed by atoms with Crippen molar-refractivity contribution in [1.82, 2.24) is 19.7 Å². The second-order valence-corrected chi connectivity index (χ2v) is 8.91. The fourth-order valence-electron chi connectivity index (χ4n) is 4.11. The van der Waals surface area contributed by atoms with E-state index in [1.165, 1.54) is 18.2 Å². The van der Waals surface area contributed by atoms with Gasteiger partial charge in [0.2, 0.25) is 0 Å². The van der Waals surface area contributed by atoms with Gasteiger partial charge in [-0.2, -0.15) is 31.4 Å². The van der Waals surface area contributed by atoms with Crippen LogP contribution in [0.15, 0.2) is 91.3 Å². The van der Waals surface area contributed by atoms with Crippen LogP contribution in [0, 0.1) is 0 Å². The topological polar surface area (TPSA) is 90.1 Å². The summed E-state index contributed by atoms with van der Waals surface area (Å²) in [4.78, 5) is 19.5. The fourth-order valence-corrected chi connectivity index (χ4v) is 4.11. The molecule has 0 unspecified atom stereocenters. The minimum absolute atomic E-state index is 0.0940. The molecule has 1 N–H and O–H groups in total. The number of pyridine rings is 2. The molecular formula is C29H18F6N4O3. The number of alkyl halides is 6. The largest absolute Gasteiger partial charge is 0.488 e. The Bertz CT molecular complexity index is 1730. The molecule has 0 fully saturated rings. The van der Waals surface area contributed by atoms with Crippen molar-refractivity contribution in [2.75, 3.05) is 0 Å². The van der Waals surface area contributed by atoms with Gasteiger partial charge in [-0.15, -0.1) is 0 Å². The lowest BCUT2D eigenvalue weighted by Gasteiger charge is -2.14. The molecule has 3 heterocycles. The SMILES string of the molecule is O=C(O)c1cnn(-c2cccc(-c3ccccc3OCc3ccc(-c4ccc(C(F)(F)F)cn4)cc3)n2)c1C(F)(F)F. The number of aromatic nitrogens is 4. The molecule has 2 aromatic carbocycles. The number of carboxylic acids is 1. The van der Waals surface area contributed by atoms with Crippen molar-refractivity contribution in [3.8, 4) is 34.1 Å². The van der Waals surface area contributed by atoms with Crippen LogP contribution in [0.5, 0.6) is 5.75 Å². The Balaban J connectivity index is 1.36. The van der Waals surface area contributed by atoms with Crippen LogP contribution in [-0.2, 0) is 19.0 Å². The van der Waals surface area contributed by atoms with Gasteiger partial charge >= 0.3 is 18.3 Å². The van der Waals surface area contributed by atoms with Crippen molar-refractivity contribution in [3.63, 3.8) is 0 Å². The van der Waals surface area contributed by atoms with Gasteiger partial charge in [-0.3, -0.25) is 4.98 Å². The van der Waals surface area contributed by atoms with Crippen molar-refractivity contribution in [2.24, 2.45) is 0 Å². The van der Waals surface area contributed by atoms with Crippen LogP contribution in [0.25, 0.3) is 28.3 Å². The lowest BCUT2D eigenvalue weighted by Crippen LogP contribution is -2.18. The quantitative estimate of drug-likeness (QED) is 0.202. The molecule has 5 rings (SSSR count). The van der Waals surface area contributed by atoms with Crippen LogP contribution in [0.4, 0.5) is 26.3 Å². The van der Waals surface area contributed by atoms with E-state index in [9.17, 15) is 36.2 Å². The first kappa shape index (κ1) is 28.3. The predicted octanol–water partition coefficient (Wildman–Crippen LogP) is 7.31. The number of carbonyl (C=O) groups is 1. The fraction of sp³-hybridized carbons (Fsp3) is 0.103. The Kier molecular flexibility index (Phi) is 7.42. The third-order valence-corrected chi connectivity index (χ3v) is 6.12. The Hall–Kier alpha value is -5.20. The molecule has 214 valence electrons. The maximum absolute atomic E-state index is 13.7. The van der Waals surface area contributed by atoms with Crippen molar-refractivity contribution in [1.29, 1.82) is 0 Å². The number of nitrogens with zero attached hydrogens (tertiary/aromatic N) is 4. The summed E-state index contributed by atoms with van der Waals surface area (Å²) in [5, 5.41) is 12.8. The van der Waals surface area contributed by atoms with Gasteiger partial charge < -0.3 is 9.84 Å². The van der Waals surface area contributed by atoms with Gasteiger partial charge in [0.1, 0.15) is 17.9 Å². The lowest BCUT2D eigenvalue weighted by atomic mass is 10.1. The van der Waals surface area contributed by atoms with E-state index in [2.05, 4.69) is 15.1 Å². The average molecular weight is 584 g/mol. The number of para-hydroxylation sites is 1. The Morgan fingerprint density at radius 3 is 2.19 bits per heavy atom. The molecule has 3 aromatic heterocycles. The van der Waals surface area contributed by atoms with Crippen LogP contribution in [0.2, 0.25) is 0 Å². The van der Waals surface area contributed by atoms with Crippen LogP contribution < -0.4 is 4.74 Å². The zero-order chi connectivity index (χ0) is 30.1. The van der Waals surface area contributed by atoms with Crippen molar-refractivity contribution < 1.29 is 41.0 Å². The molecule has 0 saturated carbocycles. The van der Waals surface area contributed by atoms with Crippen LogP contribution >= 0.6 is 0 Å². The Morgan fingerprint density at radius 1 is 0.810 bits per heavy atom. The Morgan fingerprint density at radius 2 is 1.55 bits per heavy atom.